The van der Waals surface area contributed by atoms with Crippen LogP contribution in [0.3, 0.4) is 0 Å². The summed E-state index contributed by atoms with van der Waals surface area (Å²) in [6.45, 7) is 19.0. The molecule has 0 heterocycles. The van der Waals surface area contributed by atoms with Gasteiger partial charge in [-0.2, -0.15) is 0 Å². The average Bonchev–Trinajstić information content (AvgIpc) is 2.71. The maximum atomic E-state index is 11.7. The Kier molecular flexibility index (Phi) is 5.23. The largest absolute Gasteiger partial charge is 0.393 e. The van der Waals surface area contributed by atoms with Crippen LogP contribution < -0.4 is 0 Å². The standard InChI is InChI=1S/C30H50O3/c1-17-15-23(32)30(8)24(33)16-29(7)19(25(30)18(17)2)9-10-21-27(5)13-12-22(31)26(3,4)20(27)11-14-28(21,29)6/h9,17-18,20-25,31-33H,10-16H2,1-8H3/t17-,18+,20-,21-,22+,23+,24+,25+,27+,28-,29-,30-/m1/s1. The van der Waals surface area contributed by atoms with Crippen molar-refractivity contribution >= 4 is 0 Å². The molecule has 0 aliphatic heterocycles. The Morgan fingerprint density at radius 1 is 0.818 bits per heavy atom. The summed E-state index contributed by atoms with van der Waals surface area (Å²) in [7, 11) is 0. The summed E-state index contributed by atoms with van der Waals surface area (Å²) >= 11 is 0. The van der Waals surface area contributed by atoms with Crippen LogP contribution >= 0.6 is 0 Å². The molecule has 0 aromatic heterocycles. The fourth-order valence-electron chi connectivity index (χ4n) is 10.9. The van der Waals surface area contributed by atoms with E-state index < -0.39 is 17.6 Å². The molecule has 33 heavy (non-hydrogen) atoms. The van der Waals surface area contributed by atoms with Crippen molar-refractivity contribution in [1.29, 1.82) is 0 Å². The molecule has 0 amide bonds. The van der Waals surface area contributed by atoms with E-state index in [1.165, 1.54) is 12.8 Å². The van der Waals surface area contributed by atoms with Gasteiger partial charge in [-0.1, -0.05) is 67.0 Å². The molecule has 12 atom stereocenters. The summed E-state index contributed by atoms with van der Waals surface area (Å²) in [6, 6.07) is 0. The number of fused-ring (bicyclic) bond motifs is 7. The van der Waals surface area contributed by atoms with Crippen LogP contribution in [0, 0.1) is 56.7 Å². The minimum absolute atomic E-state index is 0.0404. The van der Waals surface area contributed by atoms with E-state index in [2.05, 4.69) is 61.5 Å². The number of aliphatic hydroxyl groups excluding tert-OH is 3. The second kappa shape index (κ2) is 7.10. The average molecular weight is 459 g/mol. The number of aliphatic hydroxyl groups is 3. The number of hydrogen-bond acceptors (Lipinski definition) is 3. The summed E-state index contributed by atoms with van der Waals surface area (Å²) in [6.07, 6.45) is 8.52. The molecule has 5 aliphatic carbocycles. The van der Waals surface area contributed by atoms with E-state index in [-0.39, 0.29) is 33.7 Å². The van der Waals surface area contributed by atoms with E-state index in [9.17, 15) is 15.3 Å². The zero-order chi connectivity index (χ0) is 24.4. The Hall–Kier alpha value is -0.380. The maximum Gasteiger partial charge on any atom is 0.0632 e. The molecule has 0 aromatic carbocycles. The van der Waals surface area contributed by atoms with Crippen LogP contribution in [0.15, 0.2) is 11.6 Å². The van der Waals surface area contributed by atoms with Gasteiger partial charge in [-0.3, -0.25) is 0 Å². The number of allylic oxidation sites excluding steroid dienone is 2. The first kappa shape index (κ1) is 24.3. The zero-order valence-electron chi connectivity index (χ0n) is 22.5. The normalized spacial score (nSPS) is 60.0. The molecular formula is C30H50O3. The molecule has 0 unspecified atom stereocenters. The van der Waals surface area contributed by atoms with Gasteiger partial charge in [0.05, 0.1) is 18.3 Å². The fourth-order valence-corrected chi connectivity index (χ4v) is 10.9. The van der Waals surface area contributed by atoms with E-state index in [1.807, 2.05) is 0 Å². The van der Waals surface area contributed by atoms with Crippen molar-refractivity contribution in [1.82, 2.24) is 0 Å². The summed E-state index contributed by atoms with van der Waals surface area (Å²) in [4.78, 5) is 0. The van der Waals surface area contributed by atoms with Crippen molar-refractivity contribution in [3.63, 3.8) is 0 Å². The van der Waals surface area contributed by atoms with Crippen LogP contribution in [0.5, 0.6) is 0 Å². The number of rotatable bonds is 0. The third-order valence-corrected chi connectivity index (χ3v) is 13.6. The molecule has 0 saturated heterocycles. The highest BCUT2D eigenvalue weighted by atomic mass is 16.3. The van der Waals surface area contributed by atoms with Gasteiger partial charge in [-0.15, -0.1) is 0 Å². The molecule has 3 nitrogen and oxygen atoms in total. The Morgan fingerprint density at radius 2 is 1.48 bits per heavy atom. The van der Waals surface area contributed by atoms with E-state index in [4.69, 9.17) is 0 Å². The molecule has 0 spiro atoms. The SMILES string of the molecule is C[C@H]1[C@H](C)C[C@H](O)[C@@]2(C)[C@@H]1C1=CC[C@@H]3[C@@]4(C)CC[C@H](O)C(C)(C)[C@H]4CC[C@@]3(C)[C@]1(C)C[C@@H]2O. The predicted octanol–water partition coefficient (Wildman–Crippen LogP) is 5.97. The lowest BCUT2D eigenvalue weighted by Gasteiger charge is -2.72. The summed E-state index contributed by atoms with van der Waals surface area (Å²) in [5.74, 6) is 2.29. The summed E-state index contributed by atoms with van der Waals surface area (Å²) in [5.41, 5.74) is 1.38. The Morgan fingerprint density at radius 3 is 2.15 bits per heavy atom. The molecule has 4 saturated carbocycles. The molecule has 0 aromatic rings. The quantitative estimate of drug-likeness (QED) is 0.392. The Balaban J connectivity index is 1.63. The van der Waals surface area contributed by atoms with Gasteiger partial charge in [0, 0.05) is 5.41 Å². The van der Waals surface area contributed by atoms with Gasteiger partial charge in [0.25, 0.3) is 0 Å². The van der Waals surface area contributed by atoms with Crippen molar-refractivity contribution in [3.05, 3.63) is 11.6 Å². The van der Waals surface area contributed by atoms with Crippen LogP contribution in [-0.2, 0) is 0 Å². The second-order valence-electron chi connectivity index (χ2n) is 14.8. The van der Waals surface area contributed by atoms with E-state index >= 15 is 0 Å². The first-order valence-electron chi connectivity index (χ1n) is 13.9. The molecule has 5 aliphatic rings. The molecule has 0 bridgehead atoms. The van der Waals surface area contributed by atoms with Crippen molar-refractivity contribution < 1.29 is 15.3 Å². The molecule has 3 N–H and O–H groups in total. The van der Waals surface area contributed by atoms with Crippen molar-refractivity contribution in [2.75, 3.05) is 0 Å². The van der Waals surface area contributed by atoms with Gasteiger partial charge in [-0.25, -0.2) is 0 Å². The van der Waals surface area contributed by atoms with Crippen LogP contribution in [0.4, 0.5) is 0 Å². The highest BCUT2D eigenvalue weighted by Gasteiger charge is 2.70. The van der Waals surface area contributed by atoms with Crippen LogP contribution in [-0.4, -0.2) is 33.6 Å². The van der Waals surface area contributed by atoms with E-state index in [1.54, 1.807) is 5.57 Å². The lowest BCUT2D eigenvalue weighted by molar-refractivity contribution is -0.227. The predicted molar refractivity (Wildman–Crippen MR) is 133 cm³/mol. The molecule has 0 radical (unpaired) electrons. The third kappa shape index (κ3) is 2.74. The Labute approximate surface area is 202 Å². The third-order valence-electron chi connectivity index (χ3n) is 13.6. The zero-order valence-corrected chi connectivity index (χ0v) is 22.5. The van der Waals surface area contributed by atoms with Gasteiger partial charge in [0.1, 0.15) is 0 Å². The van der Waals surface area contributed by atoms with Gasteiger partial charge < -0.3 is 15.3 Å². The molecular weight excluding hydrogens is 408 g/mol. The fraction of sp³-hybridized carbons (Fsp3) is 0.933. The lowest BCUT2D eigenvalue weighted by Crippen LogP contribution is -2.68. The molecule has 4 fully saturated rings. The maximum absolute atomic E-state index is 11.7. The highest BCUT2D eigenvalue weighted by Crippen LogP contribution is 2.75. The monoisotopic (exact) mass is 458 g/mol. The summed E-state index contributed by atoms with van der Waals surface area (Å²) < 4.78 is 0. The van der Waals surface area contributed by atoms with E-state index in [0.717, 1.165) is 32.1 Å². The van der Waals surface area contributed by atoms with Crippen molar-refractivity contribution in [2.45, 2.75) is 119 Å². The molecule has 3 heteroatoms. The minimum atomic E-state index is -0.472. The Bertz CT molecular complexity index is 847. The highest BCUT2D eigenvalue weighted by molar-refractivity contribution is 5.35. The lowest BCUT2D eigenvalue weighted by atomic mass is 9.33. The smallest absolute Gasteiger partial charge is 0.0632 e. The van der Waals surface area contributed by atoms with Gasteiger partial charge in [0.2, 0.25) is 0 Å². The topological polar surface area (TPSA) is 60.7 Å². The van der Waals surface area contributed by atoms with Crippen LogP contribution in [0.1, 0.15) is 100 Å². The van der Waals surface area contributed by atoms with Gasteiger partial charge in [0.15, 0.2) is 0 Å². The van der Waals surface area contributed by atoms with Crippen molar-refractivity contribution in [3.8, 4) is 0 Å². The molecule has 5 rings (SSSR count). The van der Waals surface area contributed by atoms with E-state index in [0.29, 0.717) is 23.7 Å². The van der Waals surface area contributed by atoms with Gasteiger partial charge in [-0.05, 0) is 96.2 Å². The first-order chi connectivity index (χ1) is 15.2. The molecule has 188 valence electrons. The van der Waals surface area contributed by atoms with Crippen LogP contribution in [0.25, 0.3) is 0 Å². The minimum Gasteiger partial charge on any atom is -0.393 e. The second-order valence-corrected chi connectivity index (χ2v) is 14.8. The van der Waals surface area contributed by atoms with Crippen LogP contribution in [0.2, 0.25) is 0 Å². The van der Waals surface area contributed by atoms with Crippen molar-refractivity contribution in [2.24, 2.45) is 56.7 Å². The number of hydrogen-bond donors (Lipinski definition) is 3. The van der Waals surface area contributed by atoms with Gasteiger partial charge >= 0.3 is 0 Å². The first-order valence-corrected chi connectivity index (χ1v) is 13.9. The summed E-state index contributed by atoms with van der Waals surface area (Å²) in [5, 5.41) is 33.9.